The van der Waals surface area contributed by atoms with Crippen molar-refractivity contribution >= 4 is 23.6 Å². The fourth-order valence-electron chi connectivity index (χ4n) is 3.39. The van der Waals surface area contributed by atoms with Gasteiger partial charge in [0.05, 0.1) is 6.42 Å². The standard InChI is InChI=1S/C23H30N6O4.C2H6/c1-14-5-3-4-6-16(14)17(24)12-21(31)28-19(13-20(25)30)23(33)29-18(22(32)26-2)11-15-7-9-27-10-8-15;1-2/h3-10,17-19H,11-13,24H2,1-2H3,(H2,25,30)(H,26,32)(H,28,31)(H,29,33);1-2H3/t17-,18?,19-;/m0./s1. The first-order valence-corrected chi connectivity index (χ1v) is 11.5. The zero-order chi connectivity index (χ0) is 26.4. The van der Waals surface area contributed by atoms with Gasteiger partial charge in [-0.05, 0) is 35.7 Å². The van der Waals surface area contributed by atoms with Crippen LogP contribution in [0.3, 0.4) is 0 Å². The maximum Gasteiger partial charge on any atom is 0.243 e. The molecule has 7 N–H and O–H groups in total. The van der Waals surface area contributed by atoms with E-state index in [1.165, 1.54) is 7.05 Å². The Morgan fingerprint density at radius 2 is 1.54 bits per heavy atom. The van der Waals surface area contributed by atoms with Crippen LogP contribution >= 0.6 is 0 Å². The van der Waals surface area contributed by atoms with E-state index >= 15 is 0 Å². The monoisotopic (exact) mass is 484 g/mol. The number of likely N-dealkylation sites (N-methyl/N-ethyl adjacent to an activating group) is 1. The van der Waals surface area contributed by atoms with E-state index in [1.807, 2.05) is 45.0 Å². The molecule has 35 heavy (non-hydrogen) atoms. The number of nitrogens with one attached hydrogen (secondary N) is 3. The summed E-state index contributed by atoms with van der Waals surface area (Å²) in [6.07, 6.45) is 2.83. The van der Waals surface area contributed by atoms with Crippen molar-refractivity contribution in [2.75, 3.05) is 7.05 Å². The molecule has 4 amide bonds. The van der Waals surface area contributed by atoms with Gasteiger partial charge in [-0.25, -0.2) is 0 Å². The number of nitrogens with two attached hydrogens (primary N) is 2. The Bertz CT molecular complexity index is 983. The average molecular weight is 485 g/mol. The largest absolute Gasteiger partial charge is 0.370 e. The Labute approximate surface area is 206 Å². The van der Waals surface area contributed by atoms with E-state index in [2.05, 4.69) is 20.9 Å². The van der Waals surface area contributed by atoms with Crippen LogP contribution < -0.4 is 27.4 Å². The summed E-state index contributed by atoms with van der Waals surface area (Å²) in [7, 11) is 1.45. The number of carbonyl (C=O) groups excluding carboxylic acids is 4. The van der Waals surface area contributed by atoms with Gasteiger partial charge in [-0.2, -0.15) is 0 Å². The first-order valence-electron chi connectivity index (χ1n) is 11.5. The minimum Gasteiger partial charge on any atom is -0.370 e. The maximum absolute atomic E-state index is 12.9. The van der Waals surface area contributed by atoms with Crippen molar-refractivity contribution in [3.05, 3.63) is 65.5 Å². The minimum absolute atomic E-state index is 0.0940. The summed E-state index contributed by atoms with van der Waals surface area (Å²) in [4.78, 5) is 53.3. The van der Waals surface area contributed by atoms with E-state index < -0.39 is 48.2 Å². The summed E-state index contributed by atoms with van der Waals surface area (Å²) in [6.45, 7) is 5.89. The number of rotatable bonds is 11. The summed E-state index contributed by atoms with van der Waals surface area (Å²) in [6, 6.07) is 8.09. The summed E-state index contributed by atoms with van der Waals surface area (Å²) in [5, 5.41) is 7.61. The van der Waals surface area contributed by atoms with Gasteiger partial charge in [0.1, 0.15) is 12.1 Å². The third kappa shape index (κ3) is 9.93. The fourth-order valence-corrected chi connectivity index (χ4v) is 3.39. The quantitative estimate of drug-likeness (QED) is 0.313. The molecule has 0 aliphatic heterocycles. The summed E-state index contributed by atoms with van der Waals surface area (Å²) in [5.41, 5.74) is 14.0. The zero-order valence-corrected chi connectivity index (χ0v) is 20.7. The highest BCUT2D eigenvalue weighted by molar-refractivity contribution is 5.94. The van der Waals surface area contributed by atoms with Gasteiger partial charge in [-0.3, -0.25) is 24.2 Å². The second kappa shape index (κ2) is 15.2. The molecule has 1 heterocycles. The average Bonchev–Trinajstić information content (AvgIpc) is 2.84. The normalized spacial score (nSPS) is 12.7. The van der Waals surface area contributed by atoms with Crippen molar-refractivity contribution in [2.45, 2.75) is 58.2 Å². The third-order valence-corrected chi connectivity index (χ3v) is 5.12. The predicted molar refractivity (Wildman–Crippen MR) is 134 cm³/mol. The molecule has 2 aromatic rings. The van der Waals surface area contributed by atoms with Crippen molar-refractivity contribution in [1.82, 2.24) is 20.9 Å². The van der Waals surface area contributed by atoms with Gasteiger partial charge in [0.2, 0.25) is 23.6 Å². The predicted octanol–water partition coefficient (Wildman–Crippen LogP) is 0.640. The second-order valence-corrected chi connectivity index (χ2v) is 7.69. The lowest BCUT2D eigenvalue weighted by molar-refractivity contribution is -0.133. The highest BCUT2D eigenvalue weighted by atomic mass is 16.2. The highest BCUT2D eigenvalue weighted by Crippen LogP contribution is 2.18. The molecular weight excluding hydrogens is 448 g/mol. The first-order chi connectivity index (χ1) is 16.7. The van der Waals surface area contributed by atoms with Gasteiger partial charge in [-0.1, -0.05) is 38.1 Å². The fraction of sp³-hybridized carbons (Fsp3) is 0.400. The molecule has 0 fully saturated rings. The number of carbonyl (C=O) groups is 4. The van der Waals surface area contributed by atoms with Crippen molar-refractivity contribution in [1.29, 1.82) is 0 Å². The van der Waals surface area contributed by atoms with Crippen molar-refractivity contribution in [3.8, 4) is 0 Å². The molecular formula is C25H36N6O4. The molecule has 1 unspecified atom stereocenters. The molecule has 1 aromatic heterocycles. The Morgan fingerprint density at radius 3 is 2.11 bits per heavy atom. The van der Waals surface area contributed by atoms with Crippen LogP contribution in [-0.4, -0.2) is 47.7 Å². The number of amides is 4. The molecule has 0 bridgehead atoms. The van der Waals surface area contributed by atoms with Gasteiger partial charge < -0.3 is 27.4 Å². The van der Waals surface area contributed by atoms with Crippen LogP contribution in [-0.2, 0) is 25.6 Å². The lowest BCUT2D eigenvalue weighted by Gasteiger charge is -2.23. The SMILES string of the molecule is CC.CNC(=O)C(Cc1ccncc1)NC(=O)[C@H](CC(N)=O)NC(=O)C[C@H](N)c1ccccc1C. The van der Waals surface area contributed by atoms with Gasteiger partial charge in [0.25, 0.3) is 0 Å². The van der Waals surface area contributed by atoms with Crippen LogP contribution in [0.2, 0.25) is 0 Å². The molecule has 0 radical (unpaired) electrons. The van der Waals surface area contributed by atoms with E-state index in [4.69, 9.17) is 11.5 Å². The van der Waals surface area contributed by atoms with E-state index in [0.717, 1.165) is 16.7 Å². The first kappa shape index (κ1) is 29.2. The summed E-state index contributed by atoms with van der Waals surface area (Å²) in [5.74, 6) is -2.41. The summed E-state index contributed by atoms with van der Waals surface area (Å²) < 4.78 is 0. The van der Waals surface area contributed by atoms with Gasteiger partial charge in [-0.15, -0.1) is 0 Å². The van der Waals surface area contributed by atoms with Gasteiger partial charge >= 0.3 is 0 Å². The number of pyridine rings is 1. The van der Waals surface area contributed by atoms with E-state index in [9.17, 15) is 19.2 Å². The number of nitrogens with zero attached hydrogens (tertiary/aromatic N) is 1. The van der Waals surface area contributed by atoms with Crippen molar-refractivity contribution in [2.24, 2.45) is 11.5 Å². The van der Waals surface area contributed by atoms with Crippen LogP contribution in [0.15, 0.2) is 48.8 Å². The van der Waals surface area contributed by atoms with Crippen LogP contribution in [0.4, 0.5) is 0 Å². The molecule has 10 nitrogen and oxygen atoms in total. The van der Waals surface area contributed by atoms with Gasteiger partial charge in [0, 0.05) is 38.3 Å². The van der Waals surface area contributed by atoms with Crippen LogP contribution in [0.25, 0.3) is 0 Å². The Morgan fingerprint density at radius 1 is 0.914 bits per heavy atom. The number of aryl methyl sites for hydroxylation is 1. The van der Waals surface area contributed by atoms with Crippen molar-refractivity contribution in [3.63, 3.8) is 0 Å². The molecule has 1 aromatic carbocycles. The van der Waals surface area contributed by atoms with Crippen LogP contribution in [0, 0.1) is 6.92 Å². The topological polar surface area (TPSA) is 169 Å². The van der Waals surface area contributed by atoms with E-state index in [-0.39, 0.29) is 12.8 Å². The highest BCUT2D eigenvalue weighted by Gasteiger charge is 2.28. The zero-order valence-electron chi connectivity index (χ0n) is 20.7. The molecule has 190 valence electrons. The molecule has 0 saturated carbocycles. The number of hydrogen-bond donors (Lipinski definition) is 5. The molecule has 3 atom stereocenters. The van der Waals surface area contributed by atoms with Crippen LogP contribution in [0.1, 0.15) is 49.4 Å². The molecule has 0 saturated heterocycles. The molecule has 10 heteroatoms. The lowest BCUT2D eigenvalue weighted by atomic mass is 9.99. The minimum atomic E-state index is -1.25. The maximum atomic E-state index is 12.9. The van der Waals surface area contributed by atoms with Gasteiger partial charge in [0.15, 0.2) is 0 Å². The summed E-state index contributed by atoms with van der Waals surface area (Å²) >= 11 is 0. The third-order valence-electron chi connectivity index (χ3n) is 5.12. The number of benzene rings is 1. The van der Waals surface area contributed by atoms with Crippen LogP contribution in [0.5, 0.6) is 0 Å². The molecule has 0 aliphatic rings. The van der Waals surface area contributed by atoms with E-state index in [0.29, 0.717) is 0 Å². The molecule has 0 spiro atoms. The smallest absolute Gasteiger partial charge is 0.243 e. The lowest BCUT2D eigenvalue weighted by Crippen LogP contribution is -2.55. The Balaban J connectivity index is 0.00000298. The Hall–Kier alpha value is -3.79. The van der Waals surface area contributed by atoms with Crippen molar-refractivity contribution < 1.29 is 19.2 Å². The van der Waals surface area contributed by atoms with E-state index in [1.54, 1.807) is 24.5 Å². The molecule has 2 rings (SSSR count). The number of primary amides is 1. The molecule has 0 aliphatic carbocycles. The Kier molecular flexibility index (Phi) is 12.7. The number of hydrogen-bond acceptors (Lipinski definition) is 6. The second-order valence-electron chi connectivity index (χ2n) is 7.69. The number of aromatic nitrogens is 1.